The highest BCUT2D eigenvalue weighted by atomic mass is 16.5. The second-order valence-corrected chi connectivity index (χ2v) is 3.31. The van der Waals surface area contributed by atoms with E-state index in [1.165, 1.54) is 12.1 Å². The number of esters is 1. The molecule has 0 atom stereocenters. The van der Waals surface area contributed by atoms with Crippen LogP contribution in [0.4, 0.5) is 0 Å². The number of carbonyl (C=O) groups excluding carboxylic acids is 1. The maximum atomic E-state index is 11.6. The Bertz CT molecular complexity index is 483. The van der Waals surface area contributed by atoms with Gasteiger partial charge in [-0.1, -0.05) is 12.0 Å². The SMILES string of the molecule is C#Cc1ccc(CC(=O)O)c(C(=O)OCC)c1. The Kier molecular flexibility index (Phi) is 4.29. The molecule has 1 aromatic rings. The summed E-state index contributed by atoms with van der Waals surface area (Å²) in [6, 6.07) is 4.60. The minimum absolute atomic E-state index is 0.213. The van der Waals surface area contributed by atoms with Crippen LogP contribution < -0.4 is 0 Å². The number of hydrogen-bond donors (Lipinski definition) is 1. The Morgan fingerprint density at radius 1 is 1.47 bits per heavy atom. The van der Waals surface area contributed by atoms with Crippen molar-refractivity contribution >= 4 is 11.9 Å². The predicted molar refractivity (Wildman–Crippen MR) is 61.7 cm³/mol. The Hall–Kier alpha value is -2.28. The second-order valence-electron chi connectivity index (χ2n) is 3.31. The zero-order valence-corrected chi connectivity index (χ0v) is 9.40. The highest BCUT2D eigenvalue weighted by molar-refractivity contribution is 5.92. The van der Waals surface area contributed by atoms with Crippen molar-refractivity contribution in [3.05, 3.63) is 34.9 Å². The molecule has 0 saturated carbocycles. The van der Waals surface area contributed by atoms with Gasteiger partial charge in [-0.3, -0.25) is 4.79 Å². The molecule has 88 valence electrons. The maximum Gasteiger partial charge on any atom is 0.338 e. The Labute approximate surface area is 99.2 Å². The first-order valence-corrected chi connectivity index (χ1v) is 5.07. The van der Waals surface area contributed by atoms with Gasteiger partial charge in [-0.15, -0.1) is 6.42 Å². The van der Waals surface area contributed by atoms with Crippen LogP contribution in [-0.4, -0.2) is 23.7 Å². The van der Waals surface area contributed by atoms with Crippen LogP contribution in [0, 0.1) is 12.3 Å². The molecule has 0 saturated heterocycles. The lowest BCUT2D eigenvalue weighted by Crippen LogP contribution is -2.11. The molecule has 17 heavy (non-hydrogen) atoms. The van der Waals surface area contributed by atoms with Gasteiger partial charge in [0.25, 0.3) is 0 Å². The number of terminal acetylenes is 1. The minimum Gasteiger partial charge on any atom is -0.481 e. The number of ether oxygens (including phenoxy) is 1. The summed E-state index contributed by atoms with van der Waals surface area (Å²) in [4.78, 5) is 22.3. The molecule has 1 rings (SSSR count). The molecule has 0 aliphatic rings. The van der Waals surface area contributed by atoms with Crippen molar-refractivity contribution in [3.63, 3.8) is 0 Å². The van der Waals surface area contributed by atoms with E-state index in [2.05, 4.69) is 5.92 Å². The second kappa shape index (κ2) is 5.71. The molecule has 0 spiro atoms. The average Bonchev–Trinajstić information content (AvgIpc) is 2.29. The summed E-state index contributed by atoms with van der Waals surface area (Å²) in [5.41, 5.74) is 1.13. The van der Waals surface area contributed by atoms with Crippen molar-refractivity contribution < 1.29 is 19.4 Å². The molecule has 0 unspecified atom stereocenters. The molecule has 0 radical (unpaired) electrons. The van der Waals surface area contributed by atoms with Gasteiger partial charge in [0, 0.05) is 5.56 Å². The lowest BCUT2D eigenvalue weighted by atomic mass is 10.0. The van der Waals surface area contributed by atoms with Crippen molar-refractivity contribution in [2.75, 3.05) is 6.61 Å². The standard InChI is InChI=1S/C13H12O4/c1-3-9-5-6-10(8-12(14)15)11(7-9)13(16)17-4-2/h1,5-7H,4,8H2,2H3,(H,14,15). The number of hydrogen-bond acceptors (Lipinski definition) is 3. The van der Waals surface area contributed by atoms with Gasteiger partial charge in [0.15, 0.2) is 0 Å². The summed E-state index contributed by atoms with van der Waals surface area (Å²) < 4.78 is 4.85. The molecule has 1 N–H and O–H groups in total. The van der Waals surface area contributed by atoms with Crippen LogP contribution >= 0.6 is 0 Å². The molecule has 4 nitrogen and oxygen atoms in total. The summed E-state index contributed by atoms with van der Waals surface area (Å²) in [5.74, 6) is 0.825. The molecule has 0 fully saturated rings. The molecule has 0 heterocycles. The van der Waals surface area contributed by atoms with Gasteiger partial charge in [0.05, 0.1) is 18.6 Å². The average molecular weight is 232 g/mol. The third kappa shape index (κ3) is 3.35. The molecular weight excluding hydrogens is 220 g/mol. The molecule has 0 amide bonds. The van der Waals surface area contributed by atoms with E-state index in [-0.39, 0.29) is 18.6 Å². The summed E-state index contributed by atoms with van der Waals surface area (Å²) in [5, 5.41) is 8.74. The number of rotatable bonds is 4. The Balaban J connectivity index is 3.16. The normalized spacial score (nSPS) is 9.41. The van der Waals surface area contributed by atoms with Crippen molar-refractivity contribution in [1.82, 2.24) is 0 Å². The van der Waals surface area contributed by atoms with E-state index in [0.29, 0.717) is 11.1 Å². The zero-order chi connectivity index (χ0) is 12.8. The molecule has 0 aliphatic heterocycles. The fourth-order valence-corrected chi connectivity index (χ4v) is 1.38. The van der Waals surface area contributed by atoms with Crippen LogP contribution in [0.3, 0.4) is 0 Å². The van der Waals surface area contributed by atoms with Crippen LogP contribution in [0.1, 0.15) is 28.4 Å². The van der Waals surface area contributed by atoms with Gasteiger partial charge >= 0.3 is 11.9 Å². The van der Waals surface area contributed by atoms with Crippen LogP contribution in [0.2, 0.25) is 0 Å². The third-order valence-electron chi connectivity index (χ3n) is 2.11. The van der Waals surface area contributed by atoms with Gasteiger partial charge in [0.2, 0.25) is 0 Å². The highest BCUT2D eigenvalue weighted by Gasteiger charge is 2.15. The molecule has 0 aromatic heterocycles. The largest absolute Gasteiger partial charge is 0.481 e. The third-order valence-corrected chi connectivity index (χ3v) is 2.11. The van der Waals surface area contributed by atoms with Crippen molar-refractivity contribution in [2.24, 2.45) is 0 Å². The van der Waals surface area contributed by atoms with Crippen LogP contribution in [0.25, 0.3) is 0 Å². The number of aliphatic carboxylic acids is 1. The van der Waals surface area contributed by atoms with Gasteiger partial charge in [-0.2, -0.15) is 0 Å². The van der Waals surface area contributed by atoms with Crippen LogP contribution in [-0.2, 0) is 16.0 Å². The Morgan fingerprint density at radius 3 is 2.71 bits per heavy atom. The van der Waals surface area contributed by atoms with Gasteiger partial charge in [-0.25, -0.2) is 4.79 Å². The minimum atomic E-state index is -1.01. The maximum absolute atomic E-state index is 11.6. The lowest BCUT2D eigenvalue weighted by Gasteiger charge is -2.07. The molecule has 4 heteroatoms. The number of carbonyl (C=O) groups is 2. The zero-order valence-electron chi connectivity index (χ0n) is 9.40. The van der Waals surface area contributed by atoms with Crippen molar-refractivity contribution in [3.8, 4) is 12.3 Å². The number of benzene rings is 1. The van der Waals surface area contributed by atoms with Gasteiger partial charge in [0.1, 0.15) is 0 Å². The van der Waals surface area contributed by atoms with Crippen LogP contribution in [0.15, 0.2) is 18.2 Å². The highest BCUT2D eigenvalue weighted by Crippen LogP contribution is 2.14. The molecular formula is C13H12O4. The fraction of sp³-hybridized carbons (Fsp3) is 0.231. The smallest absolute Gasteiger partial charge is 0.338 e. The van der Waals surface area contributed by atoms with Crippen LogP contribution in [0.5, 0.6) is 0 Å². The van der Waals surface area contributed by atoms with E-state index < -0.39 is 11.9 Å². The van der Waals surface area contributed by atoms with E-state index in [0.717, 1.165) is 0 Å². The Morgan fingerprint density at radius 2 is 2.18 bits per heavy atom. The van der Waals surface area contributed by atoms with E-state index >= 15 is 0 Å². The summed E-state index contributed by atoms with van der Waals surface area (Å²) in [7, 11) is 0. The molecule has 0 bridgehead atoms. The molecule has 0 aliphatic carbocycles. The summed E-state index contributed by atoms with van der Waals surface area (Å²) >= 11 is 0. The molecule has 1 aromatic carbocycles. The lowest BCUT2D eigenvalue weighted by molar-refractivity contribution is -0.136. The van der Waals surface area contributed by atoms with Crippen molar-refractivity contribution in [1.29, 1.82) is 0 Å². The summed E-state index contributed by atoms with van der Waals surface area (Å²) in [6.07, 6.45) is 4.99. The number of carboxylic acid groups (broad SMARTS) is 1. The predicted octanol–water partition coefficient (Wildman–Crippen LogP) is 1.47. The van der Waals surface area contributed by atoms with E-state index in [1.807, 2.05) is 0 Å². The monoisotopic (exact) mass is 232 g/mol. The fourth-order valence-electron chi connectivity index (χ4n) is 1.38. The van der Waals surface area contributed by atoms with E-state index in [9.17, 15) is 9.59 Å². The first-order valence-electron chi connectivity index (χ1n) is 5.07. The quantitative estimate of drug-likeness (QED) is 0.630. The van der Waals surface area contributed by atoms with E-state index in [4.69, 9.17) is 16.3 Å². The van der Waals surface area contributed by atoms with Crippen molar-refractivity contribution in [2.45, 2.75) is 13.3 Å². The van der Waals surface area contributed by atoms with Gasteiger partial charge in [-0.05, 0) is 24.6 Å². The topological polar surface area (TPSA) is 63.6 Å². The summed E-state index contributed by atoms with van der Waals surface area (Å²) in [6.45, 7) is 1.91. The van der Waals surface area contributed by atoms with E-state index in [1.54, 1.807) is 13.0 Å². The first-order chi connectivity index (χ1) is 8.08. The number of carboxylic acids is 1. The first kappa shape index (κ1) is 12.8. The van der Waals surface area contributed by atoms with Gasteiger partial charge < -0.3 is 9.84 Å².